The monoisotopic (exact) mass is 359 g/mol. The summed E-state index contributed by atoms with van der Waals surface area (Å²) in [6.07, 6.45) is 0.307. The number of benzene rings is 2. The zero-order valence-corrected chi connectivity index (χ0v) is 14.7. The van der Waals surface area contributed by atoms with Crippen LogP contribution in [0.2, 0.25) is 0 Å². The lowest BCUT2D eigenvalue weighted by Crippen LogP contribution is -2.34. The van der Waals surface area contributed by atoms with Gasteiger partial charge in [0.15, 0.2) is 5.11 Å². The van der Waals surface area contributed by atoms with Crippen molar-refractivity contribution in [3.05, 3.63) is 65.5 Å². The molecular weight excluding hydrogens is 341 g/mol. The summed E-state index contributed by atoms with van der Waals surface area (Å²) in [5.74, 6) is -1.23. The smallest absolute Gasteiger partial charge is 0.260 e. The second-order valence-corrected chi connectivity index (χ2v) is 5.96. The fourth-order valence-corrected chi connectivity index (χ4v) is 2.23. The number of rotatable bonds is 4. The Morgan fingerprint density at radius 1 is 1.08 bits per heavy atom. The van der Waals surface area contributed by atoms with Crippen molar-refractivity contribution in [2.24, 2.45) is 0 Å². The number of halogens is 1. The highest BCUT2D eigenvalue weighted by atomic mass is 32.1. The second kappa shape index (κ2) is 8.34. The normalized spacial score (nSPS) is 10.0. The number of carbonyl (C=O) groups excluding carboxylic acids is 2. The molecule has 0 saturated heterocycles. The van der Waals surface area contributed by atoms with E-state index in [9.17, 15) is 14.0 Å². The number of hydrogen-bond acceptors (Lipinski definition) is 3. The summed E-state index contributed by atoms with van der Waals surface area (Å²) in [6, 6.07) is 12.8. The second-order valence-electron chi connectivity index (χ2n) is 5.55. The van der Waals surface area contributed by atoms with Crippen LogP contribution in [0.4, 0.5) is 10.1 Å². The fourth-order valence-electron chi connectivity index (χ4n) is 2.02. The molecule has 2 aromatic carbocycles. The van der Waals surface area contributed by atoms with Gasteiger partial charge < -0.3 is 10.2 Å². The van der Waals surface area contributed by atoms with Gasteiger partial charge in [-0.15, -0.1) is 0 Å². The molecule has 0 radical (unpaired) electrons. The highest BCUT2D eigenvalue weighted by Crippen LogP contribution is 2.11. The highest BCUT2D eigenvalue weighted by Gasteiger charge is 2.12. The van der Waals surface area contributed by atoms with Gasteiger partial charge in [0, 0.05) is 19.8 Å². The number of nitrogens with one attached hydrogen (secondary N) is 2. The van der Waals surface area contributed by atoms with Crippen molar-refractivity contribution >= 4 is 34.8 Å². The van der Waals surface area contributed by atoms with Gasteiger partial charge in [0.1, 0.15) is 5.82 Å². The average Bonchev–Trinajstić information content (AvgIpc) is 2.56. The van der Waals surface area contributed by atoms with Crippen LogP contribution in [0.15, 0.2) is 48.5 Å². The maximum Gasteiger partial charge on any atom is 0.260 e. The van der Waals surface area contributed by atoms with Crippen molar-refractivity contribution in [1.82, 2.24) is 10.2 Å². The Morgan fingerprint density at radius 3 is 2.32 bits per heavy atom. The summed E-state index contributed by atoms with van der Waals surface area (Å²) >= 11 is 5.07. The number of carbonyl (C=O) groups is 2. The first-order valence-electron chi connectivity index (χ1n) is 7.53. The lowest BCUT2D eigenvalue weighted by atomic mass is 10.1. The van der Waals surface area contributed by atoms with Crippen LogP contribution in [0.1, 0.15) is 15.9 Å². The molecule has 0 fully saturated rings. The van der Waals surface area contributed by atoms with Gasteiger partial charge in [-0.2, -0.15) is 0 Å². The molecule has 0 aliphatic heterocycles. The summed E-state index contributed by atoms with van der Waals surface area (Å²) in [4.78, 5) is 25.2. The van der Waals surface area contributed by atoms with Crippen LogP contribution >= 0.6 is 12.2 Å². The molecule has 2 N–H and O–H groups in total. The minimum Gasteiger partial charge on any atom is -0.349 e. The van der Waals surface area contributed by atoms with Gasteiger partial charge in [0.05, 0.1) is 12.0 Å². The topological polar surface area (TPSA) is 61.4 Å². The number of anilines is 1. The molecule has 130 valence electrons. The third kappa shape index (κ3) is 5.36. The van der Waals surface area contributed by atoms with Crippen molar-refractivity contribution in [2.45, 2.75) is 6.42 Å². The van der Waals surface area contributed by atoms with Crippen molar-refractivity contribution in [1.29, 1.82) is 0 Å². The van der Waals surface area contributed by atoms with E-state index in [1.165, 1.54) is 23.1 Å². The van der Waals surface area contributed by atoms with E-state index in [1.54, 1.807) is 44.4 Å². The summed E-state index contributed by atoms with van der Waals surface area (Å²) in [7, 11) is 3.41. The predicted molar refractivity (Wildman–Crippen MR) is 98.9 cm³/mol. The van der Waals surface area contributed by atoms with Gasteiger partial charge in [0.2, 0.25) is 5.91 Å². The van der Waals surface area contributed by atoms with Crippen LogP contribution in [-0.2, 0) is 11.2 Å². The number of nitrogens with zero attached hydrogens (tertiary/aromatic N) is 1. The lowest BCUT2D eigenvalue weighted by molar-refractivity contribution is -0.127. The summed E-state index contributed by atoms with van der Waals surface area (Å²) in [6.45, 7) is 0. The molecule has 0 bridgehead atoms. The van der Waals surface area contributed by atoms with Crippen LogP contribution in [0.5, 0.6) is 0 Å². The van der Waals surface area contributed by atoms with E-state index in [1.807, 2.05) is 0 Å². The molecule has 0 aromatic heterocycles. The number of likely N-dealkylation sites (N-methyl/N-ethyl adjacent to an activating group) is 1. The molecule has 0 saturated carbocycles. The summed E-state index contributed by atoms with van der Waals surface area (Å²) in [5, 5.41) is 5.34. The maximum absolute atomic E-state index is 13.6. The van der Waals surface area contributed by atoms with E-state index in [0.29, 0.717) is 12.1 Å². The molecule has 25 heavy (non-hydrogen) atoms. The molecule has 2 rings (SSSR count). The Labute approximate surface area is 150 Å². The molecule has 0 spiro atoms. The Hall–Kier alpha value is -2.80. The van der Waals surface area contributed by atoms with E-state index in [2.05, 4.69) is 10.6 Å². The van der Waals surface area contributed by atoms with Gasteiger partial charge in [-0.25, -0.2) is 4.39 Å². The van der Waals surface area contributed by atoms with Crippen LogP contribution < -0.4 is 10.6 Å². The van der Waals surface area contributed by atoms with Gasteiger partial charge in [-0.1, -0.05) is 24.3 Å². The van der Waals surface area contributed by atoms with Crippen molar-refractivity contribution in [3.63, 3.8) is 0 Å². The van der Waals surface area contributed by atoms with Crippen LogP contribution in [0.25, 0.3) is 0 Å². The SMILES string of the molecule is CN(C)C(=O)Cc1ccc(NC(=S)NC(=O)c2ccccc2F)cc1. The first-order valence-corrected chi connectivity index (χ1v) is 7.93. The highest BCUT2D eigenvalue weighted by molar-refractivity contribution is 7.80. The molecule has 0 atom stereocenters. The van der Waals surface area contributed by atoms with E-state index in [4.69, 9.17) is 12.2 Å². The van der Waals surface area contributed by atoms with E-state index in [0.717, 1.165) is 5.56 Å². The maximum atomic E-state index is 13.6. The molecule has 0 aliphatic carbocycles. The molecule has 7 heteroatoms. The van der Waals surface area contributed by atoms with Crippen molar-refractivity contribution < 1.29 is 14.0 Å². The van der Waals surface area contributed by atoms with Gasteiger partial charge in [0.25, 0.3) is 5.91 Å². The molecule has 2 aromatic rings. The first kappa shape index (κ1) is 18.5. The average molecular weight is 359 g/mol. The number of thiocarbonyl (C=S) groups is 1. The molecule has 2 amide bonds. The standard InChI is InChI=1S/C18H18FN3O2S/c1-22(2)16(23)11-12-7-9-13(10-8-12)20-18(25)21-17(24)14-5-3-4-6-15(14)19/h3-10H,11H2,1-2H3,(H2,20,21,24,25). The minimum atomic E-state index is -0.621. The molecule has 0 aliphatic rings. The Kier molecular flexibility index (Phi) is 6.19. The fraction of sp³-hybridized carbons (Fsp3) is 0.167. The zero-order chi connectivity index (χ0) is 18.4. The molecule has 0 unspecified atom stereocenters. The number of amides is 2. The van der Waals surface area contributed by atoms with Crippen LogP contribution in [0, 0.1) is 5.82 Å². The van der Waals surface area contributed by atoms with Crippen LogP contribution in [-0.4, -0.2) is 35.9 Å². The zero-order valence-electron chi connectivity index (χ0n) is 13.9. The quantitative estimate of drug-likeness (QED) is 0.824. The molecule has 5 nitrogen and oxygen atoms in total. The van der Waals surface area contributed by atoms with Gasteiger partial charge in [-0.3, -0.25) is 14.9 Å². The van der Waals surface area contributed by atoms with Crippen molar-refractivity contribution in [2.75, 3.05) is 19.4 Å². The van der Waals surface area contributed by atoms with Crippen LogP contribution in [0.3, 0.4) is 0 Å². The van der Waals surface area contributed by atoms with E-state index in [-0.39, 0.29) is 16.6 Å². The Balaban J connectivity index is 1.93. The minimum absolute atomic E-state index is 0.00776. The Morgan fingerprint density at radius 2 is 1.72 bits per heavy atom. The van der Waals surface area contributed by atoms with Gasteiger partial charge in [-0.05, 0) is 42.0 Å². The predicted octanol–water partition coefficient (Wildman–Crippen LogP) is 2.58. The third-order valence-electron chi connectivity index (χ3n) is 3.41. The van der Waals surface area contributed by atoms with Gasteiger partial charge >= 0.3 is 0 Å². The largest absolute Gasteiger partial charge is 0.349 e. The first-order chi connectivity index (χ1) is 11.9. The number of hydrogen-bond donors (Lipinski definition) is 2. The van der Waals surface area contributed by atoms with E-state index < -0.39 is 11.7 Å². The molecular formula is C18H18FN3O2S. The third-order valence-corrected chi connectivity index (χ3v) is 3.62. The summed E-state index contributed by atoms with van der Waals surface area (Å²) in [5.41, 5.74) is 1.44. The molecule has 0 heterocycles. The van der Waals surface area contributed by atoms with Crippen molar-refractivity contribution in [3.8, 4) is 0 Å². The summed E-state index contributed by atoms with van der Waals surface area (Å²) < 4.78 is 13.6. The lowest BCUT2D eigenvalue weighted by Gasteiger charge is -2.12. The van der Waals surface area contributed by atoms with E-state index >= 15 is 0 Å². The Bertz CT molecular complexity index is 791.